The standard InChI is InChI=1S/C24H29Cl2N3O5S2/c25-22-7-4-8-23(26)21(22)17-35(31,32)29-15-5-6-18(16-29)24(30)27-19-9-11-20(12-10-19)36(33,34)28-13-2-1-3-14-28/h4,7-12,18H,1-3,5-6,13-17H2,(H,27,30)/t18-/m1/s1. The molecule has 8 nitrogen and oxygen atoms in total. The van der Waals surface area contributed by atoms with Crippen molar-refractivity contribution >= 4 is 54.8 Å². The summed E-state index contributed by atoms with van der Waals surface area (Å²) in [6.45, 7) is 1.41. The Balaban J connectivity index is 1.39. The fourth-order valence-electron chi connectivity index (χ4n) is 4.56. The lowest BCUT2D eigenvalue weighted by Gasteiger charge is -2.31. The van der Waals surface area contributed by atoms with Crippen LogP contribution in [0.25, 0.3) is 0 Å². The van der Waals surface area contributed by atoms with E-state index in [1.54, 1.807) is 30.3 Å². The van der Waals surface area contributed by atoms with E-state index < -0.39 is 26.0 Å². The van der Waals surface area contributed by atoms with Gasteiger partial charge in [-0.15, -0.1) is 0 Å². The molecule has 2 aliphatic heterocycles. The second kappa shape index (κ2) is 11.4. The molecule has 12 heteroatoms. The molecule has 4 rings (SSSR count). The summed E-state index contributed by atoms with van der Waals surface area (Å²) < 4.78 is 54.6. The van der Waals surface area contributed by atoms with Gasteiger partial charge < -0.3 is 5.32 Å². The summed E-state index contributed by atoms with van der Waals surface area (Å²) >= 11 is 12.3. The Morgan fingerprint density at radius 2 is 1.47 bits per heavy atom. The van der Waals surface area contributed by atoms with Crippen molar-refractivity contribution < 1.29 is 21.6 Å². The zero-order valence-electron chi connectivity index (χ0n) is 19.7. The largest absolute Gasteiger partial charge is 0.326 e. The lowest BCUT2D eigenvalue weighted by Crippen LogP contribution is -2.44. The summed E-state index contributed by atoms with van der Waals surface area (Å²) in [6.07, 6.45) is 3.83. The third-order valence-corrected chi connectivity index (χ3v) is 11.0. The van der Waals surface area contributed by atoms with Crippen molar-refractivity contribution in [2.24, 2.45) is 5.92 Å². The van der Waals surface area contributed by atoms with Crippen molar-refractivity contribution in [3.05, 3.63) is 58.1 Å². The van der Waals surface area contributed by atoms with E-state index in [9.17, 15) is 21.6 Å². The average molecular weight is 575 g/mol. The molecular formula is C24H29Cl2N3O5S2. The quantitative estimate of drug-likeness (QED) is 0.530. The minimum absolute atomic E-state index is 0.0532. The van der Waals surface area contributed by atoms with E-state index >= 15 is 0 Å². The summed E-state index contributed by atoms with van der Waals surface area (Å²) in [7, 11) is -7.30. The molecular weight excluding hydrogens is 545 g/mol. The van der Waals surface area contributed by atoms with Crippen LogP contribution in [0.4, 0.5) is 5.69 Å². The lowest BCUT2D eigenvalue weighted by atomic mass is 9.99. The first-order valence-electron chi connectivity index (χ1n) is 11.9. The molecule has 1 amide bonds. The monoisotopic (exact) mass is 573 g/mol. The number of sulfonamides is 2. The van der Waals surface area contributed by atoms with E-state index in [-0.39, 0.29) is 33.1 Å². The van der Waals surface area contributed by atoms with Gasteiger partial charge in [0.15, 0.2) is 0 Å². The SMILES string of the molecule is O=C(Nc1ccc(S(=O)(=O)N2CCCCC2)cc1)[C@@H]1CCCN(S(=O)(=O)Cc2c(Cl)cccc2Cl)C1. The first-order chi connectivity index (χ1) is 17.1. The second-order valence-corrected chi connectivity index (χ2v) is 13.9. The summed E-state index contributed by atoms with van der Waals surface area (Å²) in [5.41, 5.74) is 0.799. The van der Waals surface area contributed by atoms with E-state index in [4.69, 9.17) is 23.2 Å². The highest BCUT2D eigenvalue weighted by Gasteiger charge is 2.33. The van der Waals surface area contributed by atoms with Crippen LogP contribution in [-0.4, -0.2) is 57.5 Å². The maximum absolute atomic E-state index is 13.1. The molecule has 0 spiro atoms. The zero-order chi connectivity index (χ0) is 25.9. The Kier molecular flexibility index (Phi) is 8.63. The van der Waals surface area contributed by atoms with Crippen molar-refractivity contribution in [2.45, 2.75) is 42.8 Å². The molecule has 2 saturated heterocycles. The fraction of sp³-hybridized carbons (Fsp3) is 0.458. The van der Waals surface area contributed by atoms with Crippen molar-refractivity contribution in [2.75, 3.05) is 31.5 Å². The first kappa shape index (κ1) is 27.3. The van der Waals surface area contributed by atoms with Gasteiger partial charge in [-0.05, 0) is 62.1 Å². The Labute approximate surface area is 222 Å². The molecule has 2 fully saturated rings. The molecule has 0 bridgehead atoms. The molecule has 0 saturated carbocycles. The van der Waals surface area contributed by atoms with Crippen LogP contribution in [0.15, 0.2) is 47.4 Å². The molecule has 0 radical (unpaired) electrons. The van der Waals surface area contributed by atoms with Gasteiger partial charge >= 0.3 is 0 Å². The minimum atomic E-state index is -3.74. The maximum atomic E-state index is 13.1. The Morgan fingerprint density at radius 1 is 0.861 bits per heavy atom. The number of halogens is 2. The molecule has 2 aromatic carbocycles. The van der Waals surface area contributed by atoms with Crippen molar-refractivity contribution in [1.29, 1.82) is 0 Å². The molecule has 2 heterocycles. The van der Waals surface area contributed by atoms with Gasteiger partial charge in [-0.2, -0.15) is 4.31 Å². The van der Waals surface area contributed by atoms with Crippen LogP contribution in [0.1, 0.15) is 37.7 Å². The van der Waals surface area contributed by atoms with Crippen LogP contribution < -0.4 is 5.32 Å². The number of nitrogens with one attached hydrogen (secondary N) is 1. The number of piperidine rings is 2. The lowest BCUT2D eigenvalue weighted by molar-refractivity contribution is -0.120. The van der Waals surface area contributed by atoms with Crippen LogP contribution in [0.3, 0.4) is 0 Å². The molecule has 0 unspecified atom stereocenters. The number of hydrogen-bond donors (Lipinski definition) is 1. The first-order valence-corrected chi connectivity index (χ1v) is 15.7. The molecule has 2 aliphatic rings. The van der Waals surface area contributed by atoms with Crippen molar-refractivity contribution in [3.63, 3.8) is 0 Å². The average Bonchev–Trinajstić information content (AvgIpc) is 2.87. The van der Waals surface area contributed by atoms with Crippen LogP contribution in [0, 0.1) is 5.92 Å². The predicted octanol–water partition coefficient (Wildman–Crippen LogP) is 4.35. The van der Waals surface area contributed by atoms with Gasteiger partial charge in [0.2, 0.25) is 26.0 Å². The summed E-state index contributed by atoms with van der Waals surface area (Å²) in [4.78, 5) is 13.1. The number of hydrogen-bond acceptors (Lipinski definition) is 5. The van der Waals surface area contributed by atoms with E-state index in [0.717, 1.165) is 19.3 Å². The third-order valence-electron chi connectivity index (χ3n) is 6.61. The Hall–Kier alpha value is -1.69. The van der Waals surface area contributed by atoms with Crippen LogP contribution >= 0.6 is 23.2 Å². The highest BCUT2D eigenvalue weighted by Crippen LogP contribution is 2.29. The number of rotatable bonds is 7. The topological polar surface area (TPSA) is 104 Å². The van der Waals surface area contributed by atoms with Crippen LogP contribution in [-0.2, 0) is 30.6 Å². The van der Waals surface area contributed by atoms with Gasteiger partial charge in [0.25, 0.3) is 0 Å². The number of nitrogens with zero attached hydrogens (tertiary/aromatic N) is 2. The van der Waals surface area contributed by atoms with Gasteiger partial charge in [0.1, 0.15) is 0 Å². The molecule has 196 valence electrons. The summed E-state index contributed by atoms with van der Waals surface area (Å²) in [5, 5.41) is 3.36. The van der Waals surface area contributed by atoms with Gasteiger partial charge in [-0.1, -0.05) is 35.7 Å². The number of amides is 1. The fourth-order valence-corrected chi connectivity index (χ4v) is 8.44. The van der Waals surface area contributed by atoms with Crippen molar-refractivity contribution in [1.82, 2.24) is 8.61 Å². The number of carbonyl (C=O) groups excluding carboxylic acids is 1. The van der Waals surface area contributed by atoms with E-state index in [2.05, 4.69) is 5.32 Å². The van der Waals surface area contributed by atoms with Gasteiger partial charge in [0, 0.05) is 47.5 Å². The Bertz CT molecular complexity index is 1290. The molecule has 1 atom stereocenters. The van der Waals surface area contributed by atoms with Crippen LogP contribution in [0.5, 0.6) is 0 Å². The molecule has 36 heavy (non-hydrogen) atoms. The van der Waals surface area contributed by atoms with Crippen molar-refractivity contribution in [3.8, 4) is 0 Å². The number of anilines is 1. The second-order valence-electron chi connectivity index (χ2n) is 9.13. The van der Waals surface area contributed by atoms with E-state index in [1.807, 2.05) is 0 Å². The summed E-state index contributed by atoms with van der Waals surface area (Å²) in [5.74, 6) is -1.18. The summed E-state index contributed by atoms with van der Waals surface area (Å²) in [6, 6.07) is 10.9. The van der Waals surface area contributed by atoms with E-state index in [0.29, 0.717) is 43.7 Å². The highest BCUT2D eigenvalue weighted by atomic mass is 35.5. The zero-order valence-corrected chi connectivity index (χ0v) is 22.8. The minimum Gasteiger partial charge on any atom is -0.326 e. The van der Waals surface area contributed by atoms with Gasteiger partial charge in [-0.3, -0.25) is 4.79 Å². The highest BCUT2D eigenvalue weighted by molar-refractivity contribution is 7.89. The normalized spacial score (nSPS) is 20.2. The predicted molar refractivity (Wildman–Crippen MR) is 141 cm³/mol. The maximum Gasteiger partial charge on any atom is 0.243 e. The van der Waals surface area contributed by atoms with E-state index in [1.165, 1.54) is 20.7 Å². The molecule has 1 N–H and O–H groups in total. The smallest absolute Gasteiger partial charge is 0.243 e. The van der Waals surface area contributed by atoms with Gasteiger partial charge in [0.05, 0.1) is 16.6 Å². The van der Waals surface area contributed by atoms with Gasteiger partial charge in [-0.25, -0.2) is 21.1 Å². The number of benzene rings is 2. The third kappa shape index (κ3) is 6.23. The number of carbonyl (C=O) groups is 1. The molecule has 0 aromatic heterocycles. The van der Waals surface area contributed by atoms with Crippen LogP contribution in [0.2, 0.25) is 10.0 Å². The molecule has 2 aromatic rings. The molecule has 0 aliphatic carbocycles. The Morgan fingerprint density at radius 3 is 2.11 bits per heavy atom.